The highest BCUT2D eigenvalue weighted by Gasteiger charge is 2.33. The lowest BCUT2D eigenvalue weighted by atomic mass is 9.96. The van der Waals surface area contributed by atoms with Gasteiger partial charge in [-0.3, -0.25) is 4.79 Å². The van der Waals surface area contributed by atoms with Gasteiger partial charge in [-0.25, -0.2) is 4.79 Å². The number of hydrogen-bond donors (Lipinski definition) is 1. The van der Waals surface area contributed by atoms with Gasteiger partial charge in [0.25, 0.3) is 5.91 Å². The number of fused-ring (bicyclic) bond motifs is 1. The molecular formula is C17H18N6O4. The van der Waals surface area contributed by atoms with Gasteiger partial charge in [0.15, 0.2) is 6.61 Å². The van der Waals surface area contributed by atoms with Crippen molar-refractivity contribution >= 4 is 17.7 Å². The summed E-state index contributed by atoms with van der Waals surface area (Å²) in [5.41, 5.74) is 9.50. The predicted octanol–water partition coefficient (Wildman–Crippen LogP) is 2.50. The Hall–Kier alpha value is -3.44. The Balaban J connectivity index is 1.74. The van der Waals surface area contributed by atoms with Crippen molar-refractivity contribution in [1.29, 1.82) is 5.26 Å². The molecule has 2 amide bonds. The molecule has 0 radical (unpaired) electrons. The maximum absolute atomic E-state index is 12.3. The monoisotopic (exact) mass is 370 g/mol. The van der Waals surface area contributed by atoms with Crippen LogP contribution in [0.5, 0.6) is 5.75 Å². The Morgan fingerprint density at radius 1 is 1.48 bits per heavy atom. The van der Waals surface area contributed by atoms with Crippen LogP contribution in [0.1, 0.15) is 24.8 Å². The molecule has 2 heterocycles. The van der Waals surface area contributed by atoms with Crippen LogP contribution in [0.4, 0.5) is 10.5 Å². The van der Waals surface area contributed by atoms with Crippen molar-refractivity contribution < 1.29 is 19.4 Å². The molecule has 0 bridgehead atoms. The van der Waals surface area contributed by atoms with Gasteiger partial charge in [0.05, 0.1) is 23.4 Å². The van der Waals surface area contributed by atoms with Gasteiger partial charge in [0.2, 0.25) is 0 Å². The number of rotatable bonds is 4. The van der Waals surface area contributed by atoms with Gasteiger partial charge < -0.3 is 19.6 Å². The van der Waals surface area contributed by atoms with Crippen LogP contribution in [-0.2, 0) is 4.79 Å². The van der Waals surface area contributed by atoms with E-state index in [0.717, 1.165) is 0 Å². The minimum Gasteiger partial charge on any atom is -0.482 e. The molecule has 0 aromatic heterocycles. The first-order chi connectivity index (χ1) is 13.0. The smallest absolute Gasteiger partial charge is 0.407 e. The third-order valence-corrected chi connectivity index (χ3v) is 4.86. The number of ether oxygens (including phenoxy) is 1. The van der Waals surface area contributed by atoms with Gasteiger partial charge in [0, 0.05) is 24.0 Å². The van der Waals surface area contributed by atoms with E-state index >= 15 is 0 Å². The zero-order chi connectivity index (χ0) is 19.4. The molecule has 2 atom stereocenters. The van der Waals surface area contributed by atoms with E-state index in [2.05, 4.69) is 10.0 Å². The molecule has 2 aliphatic heterocycles. The number of nitrogens with zero attached hydrogens (tertiary/aromatic N) is 6. The zero-order valence-electron chi connectivity index (χ0n) is 14.5. The first-order valence-electron chi connectivity index (χ1n) is 8.54. The molecular weight excluding hydrogens is 352 g/mol. The van der Waals surface area contributed by atoms with Crippen molar-refractivity contribution in [3.63, 3.8) is 0 Å². The zero-order valence-corrected chi connectivity index (χ0v) is 14.5. The van der Waals surface area contributed by atoms with Crippen LogP contribution in [0.15, 0.2) is 23.3 Å². The molecule has 140 valence electrons. The summed E-state index contributed by atoms with van der Waals surface area (Å²) >= 11 is 0. The number of benzene rings is 1. The fraction of sp³-hybridized carbons (Fsp3) is 0.471. The van der Waals surface area contributed by atoms with Crippen LogP contribution in [0.25, 0.3) is 10.4 Å². The molecule has 27 heavy (non-hydrogen) atoms. The second-order valence-corrected chi connectivity index (χ2v) is 6.44. The summed E-state index contributed by atoms with van der Waals surface area (Å²) in [5.74, 6) is 0.290. The van der Waals surface area contributed by atoms with Crippen molar-refractivity contribution in [3.05, 3.63) is 34.2 Å². The quantitative estimate of drug-likeness (QED) is 0.492. The third-order valence-electron chi connectivity index (χ3n) is 4.86. The molecule has 0 unspecified atom stereocenters. The topological polar surface area (TPSA) is 143 Å². The van der Waals surface area contributed by atoms with Crippen LogP contribution < -0.4 is 9.64 Å². The number of anilines is 1. The highest BCUT2D eigenvalue weighted by atomic mass is 16.5. The van der Waals surface area contributed by atoms with Gasteiger partial charge in [-0.15, -0.1) is 0 Å². The lowest BCUT2D eigenvalue weighted by molar-refractivity contribution is -0.121. The second kappa shape index (κ2) is 7.85. The van der Waals surface area contributed by atoms with Crippen molar-refractivity contribution in [2.75, 3.05) is 24.6 Å². The van der Waals surface area contributed by atoms with Crippen molar-refractivity contribution in [1.82, 2.24) is 4.90 Å². The summed E-state index contributed by atoms with van der Waals surface area (Å²) in [5, 5.41) is 22.2. The number of piperidine rings is 1. The summed E-state index contributed by atoms with van der Waals surface area (Å²) in [6, 6.07) is 6.27. The van der Waals surface area contributed by atoms with Crippen molar-refractivity contribution in [3.8, 4) is 11.8 Å². The summed E-state index contributed by atoms with van der Waals surface area (Å²) in [6.45, 7) is 0.367. The number of amides is 2. The Kier molecular flexibility index (Phi) is 5.33. The fourth-order valence-corrected chi connectivity index (χ4v) is 3.50. The van der Waals surface area contributed by atoms with E-state index in [4.69, 9.17) is 15.5 Å². The maximum atomic E-state index is 12.3. The van der Waals surface area contributed by atoms with E-state index in [-0.39, 0.29) is 31.1 Å². The number of hydrogen-bond acceptors (Lipinski definition) is 5. The van der Waals surface area contributed by atoms with E-state index in [9.17, 15) is 14.7 Å². The van der Waals surface area contributed by atoms with E-state index in [0.29, 0.717) is 42.8 Å². The van der Waals surface area contributed by atoms with Crippen LogP contribution in [0, 0.1) is 11.3 Å². The molecule has 1 N–H and O–H groups in total. The summed E-state index contributed by atoms with van der Waals surface area (Å²) in [6.07, 6.45) is 0.528. The molecule has 2 aliphatic rings. The Labute approximate surface area is 155 Å². The minimum absolute atomic E-state index is 0.0921. The number of azide groups is 1. The van der Waals surface area contributed by atoms with Gasteiger partial charge in [-0.1, -0.05) is 5.11 Å². The maximum Gasteiger partial charge on any atom is 0.407 e. The van der Waals surface area contributed by atoms with Crippen LogP contribution in [-0.4, -0.2) is 53.8 Å². The number of carbonyl (C=O) groups is 2. The van der Waals surface area contributed by atoms with Gasteiger partial charge in [-0.2, -0.15) is 5.26 Å². The molecule has 0 spiro atoms. The Morgan fingerprint density at radius 2 is 2.30 bits per heavy atom. The van der Waals surface area contributed by atoms with Crippen molar-refractivity contribution in [2.24, 2.45) is 5.11 Å². The average molecular weight is 370 g/mol. The second-order valence-electron chi connectivity index (χ2n) is 6.44. The normalized spacial score (nSPS) is 21.5. The Bertz CT molecular complexity index is 844. The molecule has 3 rings (SSSR count). The molecule has 1 fully saturated rings. The Morgan fingerprint density at radius 3 is 3.00 bits per heavy atom. The van der Waals surface area contributed by atoms with E-state index in [1.54, 1.807) is 23.1 Å². The van der Waals surface area contributed by atoms with Gasteiger partial charge in [-0.05, 0) is 43.0 Å². The third kappa shape index (κ3) is 3.88. The molecule has 1 saturated heterocycles. The van der Waals surface area contributed by atoms with Gasteiger partial charge >= 0.3 is 6.09 Å². The fourth-order valence-electron chi connectivity index (χ4n) is 3.50. The van der Waals surface area contributed by atoms with Gasteiger partial charge in [0.1, 0.15) is 5.75 Å². The molecule has 0 saturated carbocycles. The number of carbonyl (C=O) groups excluding carboxylic acids is 1. The summed E-state index contributed by atoms with van der Waals surface area (Å²) in [7, 11) is 0. The molecule has 10 nitrogen and oxygen atoms in total. The molecule has 1 aromatic rings. The standard InChI is InChI=1S/C17H18N6O4/c18-8-11-1-4-15-14(7-11)22(16(24)10-27-15)6-5-13-3-2-12(20-21-19)9-23(13)17(25)26/h1,4,7,12-13H,2-3,5-6,9-10H2,(H,25,26)/t12-,13+/m0/s1. The first-order valence-corrected chi connectivity index (χ1v) is 8.54. The minimum atomic E-state index is -1.07. The average Bonchev–Trinajstić information content (AvgIpc) is 2.67. The number of carboxylic acid groups (broad SMARTS) is 1. The summed E-state index contributed by atoms with van der Waals surface area (Å²) in [4.78, 5) is 29.5. The number of nitriles is 1. The predicted molar refractivity (Wildman–Crippen MR) is 94.3 cm³/mol. The summed E-state index contributed by atoms with van der Waals surface area (Å²) < 4.78 is 5.41. The SMILES string of the molecule is N#Cc1ccc2c(c1)N(CC[C@H]1CC[C@H](N=[N+]=[N-])CN1C(=O)O)C(=O)CO2. The van der Waals surface area contributed by atoms with Crippen LogP contribution >= 0.6 is 0 Å². The molecule has 0 aliphatic carbocycles. The largest absolute Gasteiger partial charge is 0.482 e. The van der Waals surface area contributed by atoms with Crippen LogP contribution in [0.3, 0.4) is 0 Å². The first kappa shape index (κ1) is 18.4. The van der Waals surface area contributed by atoms with E-state index < -0.39 is 6.09 Å². The van der Waals surface area contributed by atoms with E-state index in [1.165, 1.54) is 4.90 Å². The number of likely N-dealkylation sites (tertiary alicyclic amines) is 1. The lowest BCUT2D eigenvalue weighted by Crippen LogP contribution is -2.49. The highest BCUT2D eigenvalue weighted by molar-refractivity contribution is 5.98. The molecule has 10 heteroatoms. The lowest BCUT2D eigenvalue weighted by Gasteiger charge is -2.38. The van der Waals surface area contributed by atoms with E-state index in [1.807, 2.05) is 6.07 Å². The van der Waals surface area contributed by atoms with Crippen molar-refractivity contribution in [2.45, 2.75) is 31.3 Å². The van der Waals surface area contributed by atoms with Crippen LogP contribution in [0.2, 0.25) is 0 Å². The highest BCUT2D eigenvalue weighted by Crippen LogP contribution is 2.33. The molecule has 1 aromatic carbocycles.